The van der Waals surface area contributed by atoms with Gasteiger partial charge in [-0.1, -0.05) is 28.1 Å². The van der Waals surface area contributed by atoms with Crippen molar-refractivity contribution in [3.63, 3.8) is 0 Å². The van der Waals surface area contributed by atoms with E-state index in [1.807, 2.05) is 31.2 Å². The Morgan fingerprint density at radius 1 is 1.08 bits per heavy atom. The molecule has 7 heteroatoms. The molecule has 0 bridgehead atoms. The van der Waals surface area contributed by atoms with Gasteiger partial charge in [0.15, 0.2) is 13.1 Å². The molecule has 26 heavy (non-hydrogen) atoms. The van der Waals surface area contributed by atoms with Crippen molar-refractivity contribution in [3.05, 3.63) is 58.1 Å². The third kappa shape index (κ3) is 5.69. The zero-order chi connectivity index (χ0) is 19.1. The summed E-state index contributed by atoms with van der Waals surface area (Å²) in [6.07, 6.45) is 0. The van der Waals surface area contributed by atoms with Gasteiger partial charge in [-0.2, -0.15) is 5.26 Å². The van der Waals surface area contributed by atoms with Gasteiger partial charge in [-0.05, 0) is 42.8 Å². The number of para-hydroxylation sites is 1. The van der Waals surface area contributed by atoms with E-state index in [9.17, 15) is 9.59 Å². The quantitative estimate of drug-likeness (QED) is 0.671. The normalized spacial score (nSPS) is 11.3. The second kappa shape index (κ2) is 9.13. The lowest BCUT2D eigenvalue weighted by atomic mass is 10.2. The summed E-state index contributed by atoms with van der Waals surface area (Å²) in [6, 6.07) is 14.5. The van der Waals surface area contributed by atoms with Gasteiger partial charge in [0, 0.05) is 10.2 Å². The molecule has 134 valence electrons. The Morgan fingerprint density at radius 3 is 2.31 bits per heavy atom. The van der Waals surface area contributed by atoms with E-state index in [1.165, 1.54) is 0 Å². The summed E-state index contributed by atoms with van der Waals surface area (Å²) in [5.41, 5.74) is 2.58. The number of nitriles is 1. The van der Waals surface area contributed by atoms with E-state index in [4.69, 9.17) is 5.26 Å². The van der Waals surface area contributed by atoms with Gasteiger partial charge in [-0.25, -0.2) is 0 Å². The van der Waals surface area contributed by atoms with Gasteiger partial charge in [0.1, 0.15) is 6.07 Å². The summed E-state index contributed by atoms with van der Waals surface area (Å²) >= 11 is 3.39. The topological polar surface area (TPSA) is 86.4 Å². The number of hydrogen-bond acceptors (Lipinski definition) is 3. The molecule has 2 aromatic rings. The molecule has 0 saturated heterocycles. The molecule has 2 aromatic carbocycles. The molecular formula is C19H20BrN4O2+. The summed E-state index contributed by atoms with van der Waals surface area (Å²) in [6.45, 7) is 2.19. The minimum Gasteiger partial charge on any atom is -0.322 e. The van der Waals surface area contributed by atoms with E-state index in [1.54, 1.807) is 31.3 Å². The third-order valence-electron chi connectivity index (χ3n) is 3.71. The van der Waals surface area contributed by atoms with Crippen LogP contribution in [0.15, 0.2) is 46.9 Å². The number of aryl methyl sites for hydroxylation is 1. The second-order valence-corrected chi connectivity index (χ2v) is 6.94. The molecule has 0 aliphatic carbocycles. The second-order valence-electron chi connectivity index (χ2n) is 6.02. The molecule has 0 aliphatic rings. The van der Waals surface area contributed by atoms with Crippen LogP contribution in [0.3, 0.4) is 0 Å². The number of benzene rings is 2. The number of rotatable bonds is 6. The van der Waals surface area contributed by atoms with Gasteiger partial charge in [0.2, 0.25) is 0 Å². The predicted octanol–water partition coefficient (Wildman–Crippen LogP) is 1.72. The average Bonchev–Trinajstić information content (AvgIpc) is 2.57. The maximum Gasteiger partial charge on any atom is 0.279 e. The molecule has 0 heterocycles. The fraction of sp³-hybridized carbons (Fsp3) is 0.211. The smallest absolute Gasteiger partial charge is 0.279 e. The van der Waals surface area contributed by atoms with Crippen molar-refractivity contribution in [2.45, 2.75) is 6.92 Å². The molecule has 6 nitrogen and oxygen atoms in total. The maximum absolute atomic E-state index is 12.2. The van der Waals surface area contributed by atoms with Crippen molar-refractivity contribution >= 4 is 39.1 Å². The number of quaternary nitrogens is 1. The van der Waals surface area contributed by atoms with Crippen molar-refractivity contribution < 1.29 is 14.5 Å². The number of nitrogens with zero attached hydrogens (tertiary/aromatic N) is 1. The summed E-state index contributed by atoms with van der Waals surface area (Å²) in [7, 11) is 1.77. The van der Waals surface area contributed by atoms with Crippen LogP contribution in [0.1, 0.15) is 11.1 Å². The van der Waals surface area contributed by atoms with Gasteiger partial charge in [-0.3, -0.25) is 9.59 Å². The predicted molar refractivity (Wildman–Crippen MR) is 104 cm³/mol. The fourth-order valence-electron chi connectivity index (χ4n) is 2.46. The van der Waals surface area contributed by atoms with Gasteiger partial charge >= 0.3 is 0 Å². The zero-order valence-corrected chi connectivity index (χ0v) is 16.2. The van der Waals surface area contributed by atoms with Crippen molar-refractivity contribution in [1.82, 2.24) is 0 Å². The Balaban J connectivity index is 1.87. The first kappa shape index (κ1) is 19.6. The summed E-state index contributed by atoms with van der Waals surface area (Å²) in [5, 5.41) is 14.6. The summed E-state index contributed by atoms with van der Waals surface area (Å²) in [4.78, 5) is 25.1. The molecule has 0 fully saturated rings. The number of likely N-dealkylation sites (N-methyl/N-ethyl adjacent to an activating group) is 1. The first-order valence-electron chi connectivity index (χ1n) is 8.05. The van der Waals surface area contributed by atoms with Crippen molar-refractivity contribution in [1.29, 1.82) is 5.26 Å². The molecule has 0 saturated carbocycles. The molecule has 0 aromatic heterocycles. The molecule has 0 aliphatic heterocycles. The lowest BCUT2D eigenvalue weighted by molar-refractivity contribution is -0.862. The lowest BCUT2D eigenvalue weighted by Gasteiger charge is -2.15. The monoisotopic (exact) mass is 415 g/mol. The van der Waals surface area contributed by atoms with Crippen LogP contribution in [0, 0.1) is 18.3 Å². The van der Waals surface area contributed by atoms with Crippen LogP contribution in [-0.4, -0.2) is 32.0 Å². The highest BCUT2D eigenvalue weighted by Gasteiger charge is 2.16. The summed E-state index contributed by atoms with van der Waals surface area (Å²) in [5.74, 6) is -0.420. The number of hydrogen-bond donors (Lipinski definition) is 3. The first-order chi connectivity index (χ1) is 12.4. The highest BCUT2D eigenvalue weighted by Crippen LogP contribution is 2.19. The standard InChI is InChI=1S/C19H19BrN4O2/c1-13-9-15(20)7-8-16(13)22-18(25)11-24(2)12-19(26)23-17-6-4-3-5-14(17)10-21/h3-9H,11-12H2,1-2H3,(H,22,25)(H,23,26)/p+1. The number of carbonyl (C=O) groups excluding carboxylic acids is 2. The van der Waals surface area contributed by atoms with Crippen LogP contribution in [0.25, 0.3) is 0 Å². The van der Waals surface area contributed by atoms with Gasteiger partial charge in [0.25, 0.3) is 11.8 Å². The van der Waals surface area contributed by atoms with Crippen molar-refractivity contribution in [2.24, 2.45) is 0 Å². The van der Waals surface area contributed by atoms with Crippen LogP contribution < -0.4 is 15.5 Å². The zero-order valence-electron chi connectivity index (χ0n) is 14.6. The van der Waals surface area contributed by atoms with E-state index in [-0.39, 0.29) is 24.9 Å². The number of carbonyl (C=O) groups is 2. The SMILES string of the molecule is Cc1cc(Br)ccc1NC(=O)C[NH+](C)CC(=O)Nc1ccccc1C#N. The van der Waals surface area contributed by atoms with Crippen molar-refractivity contribution in [3.8, 4) is 6.07 Å². The van der Waals surface area contributed by atoms with E-state index >= 15 is 0 Å². The Bertz CT molecular complexity index is 861. The largest absolute Gasteiger partial charge is 0.322 e. The van der Waals surface area contributed by atoms with E-state index in [0.29, 0.717) is 11.3 Å². The molecule has 0 spiro atoms. The lowest BCUT2D eigenvalue weighted by Crippen LogP contribution is -3.11. The Labute approximate surface area is 160 Å². The minimum atomic E-state index is -0.252. The highest BCUT2D eigenvalue weighted by atomic mass is 79.9. The van der Waals surface area contributed by atoms with E-state index in [0.717, 1.165) is 20.6 Å². The number of halogens is 1. The summed E-state index contributed by atoms with van der Waals surface area (Å²) < 4.78 is 0.949. The Hall–Kier alpha value is -2.69. The van der Waals surface area contributed by atoms with Crippen LogP contribution in [-0.2, 0) is 9.59 Å². The average molecular weight is 416 g/mol. The molecule has 2 amide bonds. The van der Waals surface area contributed by atoms with E-state index in [2.05, 4.69) is 26.6 Å². The molecular weight excluding hydrogens is 396 g/mol. The number of amides is 2. The third-order valence-corrected chi connectivity index (χ3v) is 4.20. The van der Waals surface area contributed by atoms with Crippen LogP contribution in [0.5, 0.6) is 0 Å². The fourth-order valence-corrected chi connectivity index (χ4v) is 2.93. The van der Waals surface area contributed by atoms with Crippen LogP contribution in [0.4, 0.5) is 11.4 Å². The van der Waals surface area contributed by atoms with Crippen LogP contribution >= 0.6 is 15.9 Å². The van der Waals surface area contributed by atoms with Crippen molar-refractivity contribution in [2.75, 3.05) is 30.8 Å². The molecule has 2 rings (SSSR count). The van der Waals surface area contributed by atoms with Gasteiger partial charge in [0.05, 0.1) is 18.3 Å². The molecule has 1 atom stereocenters. The van der Waals surface area contributed by atoms with Crippen LogP contribution in [0.2, 0.25) is 0 Å². The van der Waals surface area contributed by atoms with Gasteiger partial charge in [-0.15, -0.1) is 0 Å². The number of nitrogens with one attached hydrogen (secondary N) is 3. The highest BCUT2D eigenvalue weighted by molar-refractivity contribution is 9.10. The minimum absolute atomic E-state index is 0.118. The Kier molecular flexibility index (Phi) is 6.89. The molecule has 0 radical (unpaired) electrons. The molecule has 1 unspecified atom stereocenters. The van der Waals surface area contributed by atoms with Gasteiger partial charge < -0.3 is 15.5 Å². The van der Waals surface area contributed by atoms with E-state index < -0.39 is 0 Å². The molecule has 3 N–H and O–H groups in total. The Morgan fingerprint density at radius 2 is 1.69 bits per heavy atom. The number of anilines is 2. The maximum atomic E-state index is 12.2. The first-order valence-corrected chi connectivity index (χ1v) is 8.84.